The van der Waals surface area contributed by atoms with Crippen molar-refractivity contribution in [1.29, 1.82) is 0 Å². The first-order valence-corrected chi connectivity index (χ1v) is 7.33. The summed E-state index contributed by atoms with van der Waals surface area (Å²) in [6, 6.07) is 6.05. The van der Waals surface area contributed by atoms with Crippen molar-refractivity contribution in [3.05, 3.63) is 45.6 Å². The van der Waals surface area contributed by atoms with E-state index in [1.54, 1.807) is 6.20 Å². The van der Waals surface area contributed by atoms with Crippen molar-refractivity contribution in [3.8, 4) is 5.75 Å². The number of rotatable bonds is 3. The Bertz CT molecular complexity index is 658. The lowest BCUT2D eigenvalue weighted by Gasteiger charge is -2.11. The van der Waals surface area contributed by atoms with E-state index in [4.69, 9.17) is 10.5 Å². The third-order valence-corrected chi connectivity index (χ3v) is 3.89. The Balaban J connectivity index is 1.80. The number of nitrogens with zero attached hydrogens (tertiary/aromatic N) is 1. The van der Waals surface area contributed by atoms with Gasteiger partial charge in [-0.25, -0.2) is 4.98 Å². The summed E-state index contributed by atoms with van der Waals surface area (Å²) in [6.45, 7) is 3.37. The molecule has 0 bridgehead atoms. The molecule has 2 heterocycles. The summed E-state index contributed by atoms with van der Waals surface area (Å²) in [5.41, 5.74) is 10.0. The number of halogens is 1. The summed E-state index contributed by atoms with van der Waals surface area (Å²) in [6.07, 6.45) is 2.75. The van der Waals surface area contributed by atoms with E-state index >= 15 is 0 Å². The molecule has 0 spiro atoms. The zero-order valence-electron chi connectivity index (χ0n) is 11.2. The molecule has 3 N–H and O–H groups in total. The molecule has 3 rings (SSSR count). The highest BCUT2D eigenvalue weighted by Gasteiger charge is 2.17. The molecule has 5 heteroatoms. The van der Waals surface area contributed by atoms with Gasteiger partial charge in [0.05, 0.1) is 6.61 Å². The smallest absolute Gasteiger partial charge is 0.128 e. The molecule has 4 nitrogen and oxygen atoms in total. The maximum Gasteiger partial charge on any atom is 0.128 e. The molecule has 2 aromatic rings. The molecule has 20 heavy (non-hydrogen) atoms. The number of benzene rings is 1. The SMILES string of the molecule is Cc1cnc(NCc2cc(Br)cc3c2OCC3)cc1N. The first-order valence-electron chi connectivity index (χ1n) is 6.53. The number of pyridine rings is 1. The number of ether oxygens (including phenoxy) is 1. The minimum Gasteiger partial charge on any atom is -0.493 e. The highest BCUT2D eigenvalue weighted by molar-refractivity contribution is 9.10. The van der Waals surface area contributed by atoms with E-state index < -0.39 is 0 Å². The Morgan fingerprint density at radius 3 is 3.05 bits per heavy atom. The van der Waals surface area contributed by atoms with Crippen LogP contribution in [0.4, 0.5) is 11.5 Å². The third kappa shape index (κ3) is 2.58. The molecule has 0 atom stereocenters. The van der Waals surface area contributed by atoms with Crippen LogP contribution in [0.15, 0.2) is 28.9 Å². The van der Waals surface area contributed by atoms with E-state index in [0.29, 0.717) is 6.54 Å². The van der Waals surface area contributed by atoms with Gasteiger partial charge in [-0.3, -0.25) is 0 Å². The predicted octanol–water partition coefficient (Wildman–Crippen LogP) is 3.28. The summed E-state index contributed by atoms with van der Waals surface area (Å²) in [7, 11) is 0. The maximum atomic E-state index is 5.89. The molecular weight excluding hydrogens is 318 g/mol. The number of aryl methyl sites for hydroxylation is 1. The minimum atomic E-state index is 0.664. The average Bonchev–Trinajstić information content (AvgIpc) is 2.88. The Morgan fingerprint density at radius 1 is 1.40 bits per heavy atom. The third-order valence-electron chi connectivity index (χ3n) is 3.43. The molecule has 0 saturated heterocycles. The monoisotopic (exact) mass is 333 g/mol. The molecule has 0 amide bonds. The zero-order valence-corrected chi connectivity index (χ0v) is 12.8. The normalized spacial score (nSPS) is 12.9. The van der Waals surface area contributed by atoms with Gasteiger partial charge in [-0.2, -0.15) is 0 Å². The van der Waals surface area contributed by atoms with Crippen LogP contribution in [0, 0.1) is 6.92 Å². The first-order chi connectivity index (χ1) is 9.63. The van der Waals surface area contributed by atoms with E-state index in [9.17, 15) is 0 Å². The molecular formula is C15H16BrN3O. The number of fused-ring (bicyclic) bond motifs is 1. The van der Waals surface area contributed by atoms with E-state index in [-0.39, 0.29) is 0 Å². The van der Waals surface area contributed by atoms with Gasteiger partial charge in [0, 0.05) is 41.0 Å². The number of nitrogens with one attached hydrogen (secondary N) is 1. The van der Waals surface area contributed by atoms with Crippen molar-refractivity contribution >= 4 is 27.4 Å². The fourth-order valence-corrected chi connectivity index (χ4v) is 2.85. The van der Waals surface area contributed by atoms with Crippen molar-refractivity contribution in [2.75, 3.05) is 17.7 Å². The fourth-order valence-electron chi connectivity index (χ4n) is 2.30. The Labute approximate surface area is 126 Å². The van der Waals surface area contributed by atoms with E-state index in [2.05, 4.69) is 38.4 Å². The average molecular weight is 334 g/mol. The largest absolute Gasteiger partial charge is 0.493 e. The van der Waals surface area contributed by atoms with E-state index in [1.807, 2.05) is 13.0 Å². The number of hydrogen-bond donors (Lipinski definition) is 2. The predicted molar refractivity (Wildman–Crippen MR) is 84.1 cm³/mol. The molecule has 0 aliphatic carbocycles. The topological polar surface area (TPSA) is 60.2 Å². The van der Waals surface area contributed by atoms with Gasteiger partial charge in [0.2, 0.25) is 0 Å². The van der Waals surface area contributed by atoms with Crippen LogP contribution in [0.1, 0.15) is 16.7 Å². The van der Waals surface area contributed by atoms with Crippen molar-refractivity contribution in [2.45, 2.75) is 19.9 Å². The Morgan fingerprint density at radius 2 is 2.25 bits per heavy atom. The standard InChI is InChI=1S/C15H16BrN3O/c1-9-7-18-14(6-13(9)17)19-8-11-5-12(16)4-10-2-3-20-15(10)11/h4-7H,2-3,8H2,1H3,(H3,17,18,19). The van der Waals surface area contributed by atoms with Gasteiger partial charge >= 0.3 is 0 Å². The minimum absolute atomic E-state index is 0.664. The van der Waals surface area contributed by atoms with E-state index in [0.717, 1.165) is 45.9 Å². The molecule has 1 aliphatic heterocycles. The number of nitrogens with two attached hydrogens (primary N) is 1. The number of aromatic nitrogens is 1. The van der Waals surface area contributed by atoms with Crippen LogP contribution in [0.5, 0.6) is 5.75 Å². The zero-order chi connectivity index (χ0) is 14.1. The molecule has 1 aromatic carbocycles. The highest BCUT2D eigenvalue weighted by Crippen LogP contribution is 2.33. The number of hydrogen-bond acceptors (Lipinski definition) is 4. The van der Waals surface area contributed by atoms with Crippen LogP contribution in [0.2, 0.25) is 0 Å². The maximum absolute atomic E-state index is 5.89. The Hall–Kier alpha value is -1.75. The lowest BCUT2D eigenvalue weighted by molar-refractivity contribution is 0.354. The first kappa shape index (κ1) is 13.2. The van der Waals surface area contributed by atoms with Crippen molar-refractivity contribution in [1.82, 2.24) is 4.98 Å². The van der Waals surface area contributed by atoms with Crippen LogP contribution in [0.25, 0.3) is 0 Å². The van der Waals surface area contributed by atoms with Gasteiger partial charge < -0.3 is 15.8 Å². The summed E-state index contributed by atoms with van der Waals surface area (Å²) in [5, 5.41) is 3.29. The molecule has 104 valence electrons. The van der Waals surface area contributed by atoms with Crippen molar-refractivity contribution in [2.24, 2.45) is 0 Å². The molecule has 1 aromatic heterocycles. The van der Waals surface area contributed by atoms with Gasteiger partial charge in [0.15, 0.2) is 0 Å². The van der Waals surface area contributed by atoms with E-state index in [1.165, 1.54) is 5.56 Å². The molecule has 0 fully saturated rings. The second-order valence-corrected chi connectivity index (χ2v) is 5.85. The van der Waals surface area contributed by atoms with Gasteiger partial charge in [-0.1, -0.05) is 15.9 Å². The summed E-state index contributed by atoms with van der Waals surface area (Å²) < 4.78 is 6.79. The highest BCUT2D eigenvalue weighted by atomic mass is 79.9. The van der Waals surface area contributed by atoms with Crippen LogP contribution in [0.3, 0.4) is 0 Å². The van der Waals surface area contributed by atoms with Crippen LogP contribution < -0.4 is 15.8 Å². The van der Waals surface area contributed by atoms with Crippen LogP contribution in [-0.2, 0) is 13.0 Å². The summed E-state index contributed by atoms with van der Waals surface area (Å²) >= 11 is 3.54. The summed E-state index contributed by atoms with van der Waals surface area (Å²) in [5.74, 6) is 1.78. The second-order valence-electron chi connectivity index (χ2n) is 4.93. The molecule has 0 radical (unpaired) electrons. The molecule has 1 aliphatic rings. The van der Waals surface area contributed by atoms with Gasteiger partial charge in [-0.15, -0.1) is 0 Å². The van der Waals surface area contributed by atoms with Gasteiger partial charge in [-0.05, 0) is 30.2 Å². The van der Waals surface area contributed by atoms with Crippen molar-refractivity contribution in [3.63, 3.8) is 0 Å². The summed E-state index contributed by atoms with van der Waals surface area (Å²) in [4.78, 5) is 4.33. The second kappa shape index (κ2) is 5.32. The van der Waals surface area contributed by atoms with Crippen molar-refractivity contribution < 1.29 is 4.74 Å². The van der Waals surface area contributed by atoms with Crippen LogP contribution in [-0.4, -0.2) is 11.6 Å². The van der Waals surface area contributed by atoms with Crippen LogP contribution >= 0.6 is 15.9 Å². The fraction of sp³-hybridized carbons (Fsp3) is 0.267. The lowest BCUT2D eigenvalue weighted by atomic mass is 10.1. The van der Waals surface area contributed by atoms with Gasteiger partial charge in [0.25, 0.3) is 0 Å². The number of nitrogen functional groups attached to an aromatic ring is 1. The quantitative estimate of drug-likeness (QED) is 0.904. The number of anilines is 2. The Kier molecular flexibility index (Phi) is 3.53. The molecule has 0 saturated carbocycles. The molecule has 0 unspecified atom stereocenters. The van der Waals surface area contributed by atoms with Gasteiger partial charge in [0.1, 0.15) is 11.6 Å². The lowest BCUT2D eigenvalue weighted by Crippen LogP contribution is -2.04.